The number of esters is 1. The van der Waals surface area contributed by atoms with Gasteiger partial charge in [0, 0.05) is 12.7 Å². The Kier molecular flexibility index (Phi) is 4.31. The molecule has 0 fully saturated rings. The summed E-state index contributed by atoms with van der Waals surface area (Å²) in [5, 5.41) is 0.0204. The van der Waals surface area contributed by atoms with Crippen LogP contribution in [0.3, 0.4) is 0 Å². The first-order valence-corrected chi connectivity index (χ1v) is 4.60. The van der Waals surface area contributed by atoms with Crippen LogP contribution < -0.4 is 0 Å². The minimum atomic E-state index is -0.578. The largest absolute Gasteiger partial charge is 0.469 e. The van der Waals surface area contributed by atoms with E-state index in [1.165, 1.54) is 14.0 Å². The van der Waals surface area contributed by atoms with Crippen molar-refractivity contribution in [2.45, 2.75) is 20.8 Å². The summed E-state index contributed by atoms with van der Waals surface area (Å²) in [6, 6.07) is 0. The molecule has 0 N–H and O–H groups in total. The second-order valence-corrected chi connectivity index (χ2v) is 4.31. The quantitative estimate of drug-likeness (QED) is 0.632. The Bertz CT molecular complexity index is 187. The summed E-state index contributed by atoms with van der Waals surface area (Å²) in [6.07, 6.45) is 0. The highest BCUT2D eigenvalue weighted by Crippen LogP contribution is 2.23. The molecule has 0 amide bonds. The van der Waals surface area contributed by atoms with Crippen molar-refractivity contribution in [2.24, 2.45) is 5.41 Å². The average molecular weight is 190 g/mol. The fourth-order valence-electron chi connectivity index (χ4n) is 0.617. The van der Waals surface area contributed by atoms with Gasteiger partial charge in [0.25, 0.3) is 0 Å². The molecule has 0 atom stereocenters. The molecule has 0 aliphatic heterocycles. The Labute approximate surface area is 76.9 Å². The third-order valence-corrected chi connectivity index (χ3v) is 2.65. The molecule has 12 heavy (non-hydrogen) atoms. The molecule has 0 saturated carbocycles. The van der Waals surface area contributed by atoms with Gasteiger partial charge < -0.3 is 4.74 Å². The smallest absolute Gasteiger partial charge is 0.312 e. The molecule has 0 heterocycles. The molecule has 0 unspecified atom stereocenters. The average Bonchev–Trinajstić information content (AvgIpc) is 1.99. The molecule has 0 aliphatic rings. The number of ether oxygens (including phenoxy) is 1. The first-order chi connectivity index (χ1) is 5.40. The van der Waals surface area contributed by atoms with Crippen LogP contribution in [0.25, 0.3) is 0 Å². The summed E-state index contributed by atoms with van der Waals surface area (Å²) < 4.78 is 4.58. The Hall–Kier alpha value is -0.510. The Balaban J connectivity index is 4.03. The van der Waals surface area contributed by atoms with Gasteiger partial charge in [-0.3, -0.25) is 9.59 Å². The number of rotatable bonds is 3. The molecule has 0 rings (SSSR count). The Morgan fingerprint density at radius 2 is 1.92 bits per heavy atom. The molecule has 70 valence electrons. The second kappa shape index (κ2) is 4.50. The molecule has 0 aliphatic carbocycles. The third-order valence-electron chi connectivity index (χ3n) is 1.37. The lowest BCUT2D eigenvalue weighted by molar-refractivity contribution is -0.149. The summed E-state index contributed by atoms with van der Waals surface area (Å²) >= 11 is 1.14. The highest BCUT2D eigenvalue weighted by Gasteiger charge is 2.28. The lowest BCUT2D eigenvalue weighted by Crippen LogP contribution is -2.28. The fourth-order valence-corrected chi connectivity index (χ4v) is 1.30. The monoisotopic (exact) mass is 190 g/mol. The molecule has 0 saturated heterocycles. The Morgan fingerprint density at radius 1 is 1.42 bits per heavy atom. The molecule has 4 heteroatoms. The number of hydrogen-bond donors (Lipinski definition) is 0. The molecule has 0 aromatic heterocycles. The standard InChI is InChI=1S/C8H14O3S/c1-6(9)12-5-8(2,3)7(10)11-4/h5H2,1-4H3. The minimum Gasteiger partial charge on any atom is -0.469 e. The normalized spacial score (nSPS) is 11.0. The van der Waals surface area contributed by atoms with Gasteiger partial charge in [-0.25, -0.2) is 0 Å². The summed E-state index contributed by atoms with van der Waals surface area (Å²) in [4.78, 5) is 21.7. The summed E-state index contributed by atoms with van der Waals surface area (Å²) in [7, 11) is 1.35. The zero-order valence-electron chi connectivity index (χ0n) is 7.84. The van der Waals surface area contributed by atoms with Crippen LogP contribution >= 0.6 is 11.8 Å². The zero-order chi connectivity index (χ0) is 9.78. The van der Waals surface area contributed by atoms with E-state index in [1.54, 1.807) is 13.8 Å². The van der Waals surface area contributed by atoms with E-state index in [4.69, 9.17) is 0 Å². The van der Waals surface area contributed by atoms with Gasteiger partial charge in [0.2, 0.25) is 0 Å². The third kappa shape index (κ3) is 3.76. The zero-order valence-corrected chi connectivity index (χ0v) is 8.66. The van der Waals surface area contributed by atoms with Crippen LogP contribution in [-0.4, -0.2) is 23.9 Å². The van der Waals surface area contributed by atoms with Gasteiger partial charge in [0.15, 0.2) is 5.12 Å². The van der Waals surface area contributed by atoms with Gasteiger partial charge in [-0.1, -0.05) is 11.8 Å². The summed E-state index contributed by atoms with van der Waals surface area (Å²) in [5.74, 6) is 0.186. The maximum atomic E-state index is 11.1. The predicted octanol–water partition coefficient (Wildman–Crippen LogP) is 1.47. The number of methoxy groups -OCH3 is 1. The molecule has 0 radical (unpaired) electrons. The van der Waals surface area contributed by atoms with Gasteiger partial charge in [-0.15, -0.1) is 0 Å². The van der Waals surface area contributed by atoms with E-state index in [0.29, 0.717) is 5.75 Å². The van der Waals surface area contributed by atoms with E-state index in [-0.39, 0.29) is 11.1 Å². The van der Waals surface area contributed by atoms with Crippen molar-refractivity contribution < 1.29 is 14.3 Å². The van der Waals surface area contributed by atoms with Crippen molar-refractivity contribution in [1.29, 1.82) is 0 Å². The van der Waals surface area contributed by atoms with Gasteiger partial charge >= 0.3 is 5.97 Å². The topological polar surface area (TPSA) is 43.4 Å². The lowest BCUT2D eigenvalue weighted by Gasteiger charge is -2.19. The van der Waals surface area contributed by atoms with E-state index in [0.717, 1.165) is 11.8 Å². The van der Waals surface area contributed by atoms with Crippen LogP contribution in [0.1, 0.15) is 20.8 Å². The van der Waals surface area contributed by atoms with Crippen molar-refractivity contribution in [3.63, 3.8) is 0 Å². The van der Waals surface area contributed by atoms with Crippen molar-refractivity contribution in [2.75, 3.05) is 12.9 Å². The van der Waals surface area contributed by atoms with Crippen LogP contribution in [0.2, 0.25) is 0 Å². The van der Waals surface area contributed by atoms with Crippen molar-refractivity contribution in [3.05, 3.63) is 0 Å². The predicted molar refractivity (Wildman–Crippen MR) is 48.9 cm³/mol. The van der Waals surface area contributed by atoms with Crippen molar-refractivity contribution >= 4 is 22.8 Å². The van der Waals surface area contributed by atoms with Crippen LogP contribution in [0, 0.1) is 5.41 Å². The first kappa shape index (κ1) is 11.5. The molecule has 0 spiro atoms. The molecular weight excluding hydrogens is 176 g/mol. The molecule has 0 aromatic carbocycles. The summed E-state index contributed by atoms with van der Waals surface area (Å²) in [5.41, 5.74) is -0.578. The number of carbonyl (C=O) groups is 2. The SMILES string of the molecule is COC(=O)C(C)(C)CSC(C)=O. The van der Waals surface area contributed by atoms with Gasteiger partial charge in [0.05, 0.1) is 12.5 Å². The molecular formula is C8H14O3S. The number of carbonyl (C=O) groups excluding carboxylic acids is 2. The van der Waals surface area contributed by atoms with Crippen LogP contribution in [0.15, 0.2) is 0 Å². The number of hydrogen-bond acceptors (Lipinski definition) is 4. The fraction of sp³-hybridized carbons (Fsp3) is 0.750. The maximum Gasteiger partial charge on any atom is 0.312 e. The lowest BCUT2D eigenvalue weighted by atomic mass is 9.97. The minimum absolute atomic E-state index is 0.0204. The number of thioether (sulfide) groups is 1. The molecule has 0 aromatic rings. The van der Waals surface area contributed by atoms with Gasteiger partial charge in [-0.05, 0) is 13.8 Å². The summed E-state index contributed by atoms with van der Waals surface area (Å²) in [6.45, 7) is 5.00. The highest BCUT2D eigenvalue weighted by atomic mass is 32.2. The van der Waals surface area contributed by atoms with Gasteiger partial charge in [0.1, 0.15) is 0 Å². The second-order valence-electron chi connectivity index (χ2n) is 3.16. The molecule has 0 bridgehead atoms. The van der Waals surface area contributed by atoms with Crippen molar-refractivity contribution in [3.8, 4) is 0 Å². The van der Waals surface area contributed by atoms with Crippen LogP contribution in [0.5, 0.6) is 0 Å². The van der Waals surface area contributed by atoms with E-state index in [2.05, 4.69) is 4.74 Å². The van der Waals surface area contributed by atoms with Crippen LogP contribution in [0.4, 0.5) is 0 Å². The van der Waals surface area contributed by atoms with E-state index in [9.17, 15) is 9.59 Å². The molecule has 3 nitrogen and oxygen atoms in total. The Morgan fingerprint density at radius 3 is 2.25 bits per heavy atom. The van der Waals surface area contributed by atoms with E-state index in [1.807, 2.05) is 0 Å². The van der Waals surface area contributed by atoms with Gasteiger partial charge in [-0.2, -0.15) is 0 Å². The van der Waals surface area contributed by atoms with E-state index < -0.39 is 5.41 Å². The first-order valence-electron chi connectivity index (χ1n) is 3.62. The van der Waals surface area contributed by atoms with Crippen LogP contribution in [-0.2, 0) is 14.3 Å². The highest BCUT2D eigenvalue weighted by molar-refractivity contribution is 8.13. The van der Waals surface area contributed by atoms with E-state index >= 15 is 0 Å². The van der Waals surface area contributed by atoms with Crippen molar-refractivity contribution in [1.82, 2.24) is 0 Å². The maximum absolute atomic E-state index is 11.1.